The molecule has 2 aromatic heterocycles. The van der Waals surface area contributed by atoms with E-state index in [1.807, 2.05) is 24.4 Å². The van der Waals surface area contributed by atoms with Crippen LogP contribution in [0.15, 0.2) is 53.6 Å². The highest BCUT2D eigenvalue weighted by Crippen LogP contribution is 2.26. The average molecular weight is 375 g/mol. The van der Waals surface area contributed by atoms with E-state index in [4.69, 9.17) is 0 Å². The molecule has 2 aromatic carbocycles. The van der Waals surface area contributed by atoms with Crippen LogP contribution in [0.5, 0.6) is 0 Å². The van der Waals surface area contributed by atoms with Crippen LogP contribution in [0.2, 0.25) is 0 Å². The summed E-state index contributed by atoms with van der Waals surface area (Å²) in [4.78, 5) is 4.55. The summed E-state index contributed by atoms with van der Waals surface area (Å²) in [6.45, 7) is 8.59. The van der Waals surface area contributed by atoms with Crippen LogP contribution in [0.25, 0.3) is 15.9 Å². The number of rotatable bonds is 4. The summed E-state index contributed by atoms with van der Waals surface area (Å²) in [6, 6.07) is 16.7. The van der Waals surface area contributed by atoms with Crippen molar-refractivity contribution >= 4 is 32.9 Å². The lowest BCUT2D eigenvalue weighted by Gasteiger charge is -2.15. The number of thiazole rings is 1. The largest absolute Gasteiger partial charge is 0.317 e. The SMILES string of the molecule is Cc1cccc(C)c1-n1c(C)cc(C=NNc2nc3ccccc3s2)c1C. The van der Waals surface area contributed by atoms with Crippen molar-refractivity contribution < 1.29 is 0 Å². The molecule has 0 bridgehead atoms. The highest BCUT2D eigenvalue weighted by molar-refractivity contribution is 7.22. The molecule has 2 heterocycles. The monoisotopic (exact) mass is 374 g/mol. The van der Waals surface area contributed by atoms with Crippen molar-refractivity contribution in [3.05, 3.63) is 76.6 Å². The summed E-state index contributed by atoms with van der Waals surface area (Å²) in [6.07, 6.45) is 1.87. The second kappa shape index (κ2) is 7.00. The molecule has 0 spiro atoms. The summed E-state index contributed by atoms with van der Waals surface area (Å²) in [5, 5.41) is 5.22. The molecule has 0 saturated carbocycles. The lowest BCUT2D eigenvalue weighted by atomic mass is 10.1. The number of benzene rings is 2. The van der Waals surface area contributed by atoms with E-state index in [-0.39, 0.29) is 0 Å². The van der Waals surface area contributed by atoms with Gasteiger partial charge in [-0.1, -0.05) is 41.7 Å². The predicted molar refractivity (Wildman–Crippen MR) is 116 cm³/mol. The molecular formula is C22H22N4S. The van der Waals surface area contributed by atoms with Gasteiger partial charge in [0.25, 0.3) is 0 Å². The van der Waals surface area contributed by atoms with E-state index in [1.54, 1.807) is 11.3 Å². The Labute approximate surface area is 163 Å². The van der Waals surface area contributed by atoms with Crippen LogP contribution in [0.3, 0.4) is 0 Å². The Kier molecular flexibility index (Phi) is 4.54. The van der Waals surface area contributed by atoms with Gasteiger partial charge in [0.2, 0.25) is 5.13 Å². The lowest BCUT2D eigenvalue weighted by molar-refractivity contribution is 0.943. The quantitative estimate of drug-likeness (QED) is 0.364. The minimum absolute atomic E-state index is 0.802. The number of nitrogens with one attached hydrogen (secondary N) is 1. The predicted octanol–water partition coefficient (Wildman–Crippen LogP) is 5.77. The van der Waals surface area contributed by atoms with Gasteiger partial charge in [-0.2, -0.15) is 5.10 Å². The number of hydrogen-bond acceptors (Lipinski definition) is 4. The zero-order valence-corrected chi connectivity index (χ0v) is 16.8. The van der Waals surface area contributed by atoms with Gasteiger partial charge in [0.1, 0.15) is 0 Å². The molecule has 5 heteroatoms. The van der Waals surface area contributed by atoms with Gasteiger partial charge in [-0.3, -0.25) is 5.43 Å². The molecule has 0 atom stereocenters. The highest BCUT2D eigenvalue weighted by atomic mass is 32.1. The fourth-order valence-corrected chi connectivity index (χ4v) is 4.31. The van der Waals surface area contributed by atoms with Gasteiger partial charge in [0.15, 0.2) is 0 Å². The van der Waals surface area contributed by atoms with E-state index in [1.165, 1.54) is 28.2 Å². The Balaban J connectivity index is 1.62. The Morgan fingerprint density at radius 3 is 2.48 bits per heavy atom. The zero-order valence-electron chi connectivity index (χ0n) is 15.9. The standard InChI is InChI=1S/C22H22N4S/c1-14-8-7-9-15(2)21(14)26-16(3)12-18(17(26)4)13-23-25-22-24-19-10-5-6-11-20(19)27-22/h5-13H,1-4H3,(H,24,25). The zero-order chi connectivity index (χ0) is 19.0. The number of aromatic nitrogens is 2. The average Bonchev–Trinajstić information content (AvgIpc) is 3.17. The number of anilines is 1. The fourth-order valence-electron chi connectivity index (χ4n) is 3.50. The molecule has 27 heavy (non-hydrogen) atoms. The summed E-state index contributed by atoms with van der Waals surface area (Å²) in [7, 11) is 0. The molecule has 4 nitrogen and oxygen atoms in total. The molecule has 136 valence electrons. The Bertz CT molecular complexity index is 1100. The maximum atomic E-state index is 4.55. The van der Waals surface area contributed by atoms with Crippen LogP contribution in [-0.4, -0.2) is 15.8 Å². The topological polar surface area (TPSA) is 42.2 Å². The second-order valence-electron chi connectivity index (χ2n) is 6.76. The van der Waals surface area contributed by atoms with E-state index in [0.717, 1.165) is 20.9 Å². The van der Waals surface area contributed by atoms with Gasteiger partial charge in [-0.15, -0.1) is 0 Å². The first-order valence-electron chi connectivity index (χ1n) is 8.95. The molecule has 0 amide bonds. The first-order chi connectivity index (χ1) is 13.0. The van der Waals surface area contributed by atoms with Crippen molar-refractivity contribution in [2.24, 2.45) is 5.10 Å². The van der Waals surface area contributed by atoms with E-state index in [0.29, 0.717) is 0 Å². The van der Waals surface area contributed by atoms with Crippen molar-refractivity contribution in [1.82, 2.24) is 9.55 Å². The molecule has 0 radical (unpaired) electrons. The molecule has 0 fully saturated rings. The number of aryl methyl sites for hydroxylation is 3. The van der Waals surface area contributed by atoms with Gasteiger partial charge in [-0.25, -0.2) is 4.98 Å². The summed E-state index contributed by atoms with van der Waals surface area (Å²) < 4.78 is 3.47. The van der Waals surface area contributed by atoms with Crippen molar-refractivity contribution in [2.45, 2.75) is 27.7 Å². The van der Waals surface area contributed by atoms with Crippen LogP contribution < -0.4 is 5.43 Å². The third-order valence-electron chi connectivity index (χ3n) is 4.79. The normalized spacial score (nSPS) is 11.6. The van der Waals surface area contributed by atoms with Crippen LogP contribution in [0.4, 0.5) is 5.13 Å². The van der Waals surface area contributed by atoms with Crippen LogP contribution in [0, 0.1) is 27.7 Å². The fraction of sp³-hybridized carbons (Fsp3) is 0.182. The number of hydrogen-bond donors (Lipinski definition) is 1. The first kappa shape index (κ1) is 17.5. The molecule has 4 rings (SSSR count). The van der Waals surface area contributed by atoms with Crippen LogP contribution >= 0.6 is 11.3 Å². The summed E-state index contributed by atoms with van der Waals surface area (Å²) >= 11 is 1.60. The van der Waals surface area contributed by atoms with Gasteiger partial charge in [0, 0.05) is 17.0 Å². The summed E-state index contributed by atoms with van der Waals surface area (Å²) in [5.41, 5.74) is 11.3. The van der Waals surface area contributed by atoms with Gasteiger partial charge in [0.05, 0.1) is 22.1 Å². The van der Waals surface area contributed by atoms with Gasteiger partial charge >= 0.3 is 0 Å². The Morgan fingerprint density at radius 1 is 1.00 bits per heavy atom. The molecule has 1 N–H and O–H groups in total. The number of hydrazone groups is 1. The van der Waals surface area contributed by atoms with E-state index in [9.17, 15) is 0 Å². The number of para-hydroxylation sites is 2. The minimum atomic E-state index is 0.802. The smallest absolute Gasteiger partial charge is 0.204 e. The van der Waals surface area contributed by atoms with E-state index < -0.39 is 0 Å². The Hall–Kier alpha value is -2.92. The molecule has 0 unspecified atom stereocenters. The molecule has 0 aliphatic rings. The molecular weight excluding hydrogens is 352 g/mol. The van der Waals surface area contributed by atoms with Crippen LogP contribution in [0.1, 0.15) is 28.1 Å². The number of fused-ring (bicyclic) bond motifs is 1. The van der Waals surface area contributed by atoms with Crippen molar-refractivity contribution in [3.63, 3.8) is 0 Å². The van der Waals surface area contributed by atoms with Gasteiger partial charge < -0.3 is 4.57 Å². The first-order valence-corrected chi connectivity index (χ1v) is 9.76. The molecule has 4 aromatic rings. The van der Waals surface area contributed by atoms with Crippen molar-refractivity contribution in [2.75, 3.05) is 5.43 Å². The van der Waals surface area contributed by atoms with E-state index >= 15 is 0 Å². The molecule has 0 aliphatic carbocycles. The lowest BCUT2D eigenvalue weighted by Crippen LogP contribution is -2.04. The van der Waals surface area contributed by atoms with Gasteiger partial charge in [-0.05, 0) is 57.0 Å². The van der Waals surface area contributed by atoms with E-state index in [2.05, 4.69) is 78.1 Å². The Morgan fingerprint density at radius 2 is 1.74 bits per heavy atom. The third kappa shape index (κ3) is 3.26. The molecule has 0 saturated heterocycles. The van der Waals surface area contributed by atoms with Crippen molar-refractivity contribution in [3.8, 4) is 5.69 Å². The van der Waals surface area contributed by atoms with Crippen molar-refractivity contribution in [1.29, 1.82) is 0 Å². The second-order valence-corrected chi connectivity index (χ2v) is 7.79. The summed E-state index contributed by atoms with van der Waals surface area (Å²) in [5.74, 6) is 0. The maximum absolute atomic E-state index is 4.55. The minimum Gasteiger partial charge on any atom is -0.317 e. The highest BCUT2D eigenvalue weighted by Gasteiger charge is 2.13. The number of nitrogens with zero attached hydrogens (tertiary/aromatic N) is 3. The maximum Gasteiger partial charge on any atom is 0.204 e. The molecule has 0 aliphatic heterocycles. The van der Waals surface area contributed by atoms with Crippen LogP contribution in [-0.2, 0) is 0 Å². The third-order valence-corrected chi connectivity index (χ3v) is 5.73.